The van der Waals surface area contributed by atoms with Crippen LogP contribution in [0, 0.1) is 0 Å². The summed E-state index contributed by atoms with van der Waals surface area (Å²) in [5, 5.41) is 15.9. The Morgan fingerprint density at radius 1 is 1.75 bits per heavy atom. The van der Waals surface area contributed by atoms with Crippen molar-refractivity contribution in [3.63, 3.8) is 0 Å². The summed E-state index contributed by atoms with van der Waals surface area (Å²) in [7, 11) is 0. The van der Waals surface area contributed by atoms with E-state index in [0.29, 0.717) is 0 Å². The van der Waals surface area contributed by atoms with E-state index in [1.54, 1.807) is 0 Å². The Balaban J connectivity index is 0. The molecule has 0 aromatic heterocycles. The smallest absolute Gasteiger partial charge is 0.322 e. The highest BCUT2D eigenvalue weighted by Gasteiger charge is 2.06. The first-order chi connectivity index (χ1) is 3.18. The molecule has 8 heavy (non-hydrogen) atoms. The van der Waals surface area contributed by atoms with Crippen LogP contribution < -0.4 is 5.73 Å². The number of aliphatic carboxylic acids is 1. The van der Waals surface area contributed by atoms with Gasteiger partial charge in [0, 0.05) is 0 Å². The second kappa shape index (κ2) is 4.83. The molecule has 0 saturated heterocycles. The molecule has 5 heteroatoms. The van der Waals surface area contributed by atoms with Crippen molar-refractivity contribution in [1.82, 2.24) is 0 Å². The lowest BCUT2D eigenvalue weighted by Gasteiger charge is -1.96. The molecule has 0 spiro atoms. The van der Waals surface area contributed by atoms with Crippen LogP contribution in [-0.4, -0.2) is 28.8 Å². The van der Waals surface area contributed by atoms with E-state index >= 15 is 0 Å². The van der Waals surface area contributed by atoms with Gasteiger partial charge in [-0.1, -0.05) is 0 Å². The number of aliphatic hydroxyl groups is 1. The van der Waals surface area contributed by atoms with Crippen LogP contribution >= 0.6 is 12.4 Å². The van der Waals surface area contributed by atoms with E-state index in [-0.39, 0.29) is 12.4 Å². The Bertz CT molecular complexity index is 76.9. The number of carbonyl (C=O) groups is 1. The molecule has 0 aliphatic heterocycles. The third-order valence-corrected chi connectivity index (χ3v) is 0.514. The molecular formula is C3H8ClNO3. The van der Waals surface area contributed by atoms with Crippen LogP contribution in [0.4, 0.5) is 0 Å². The molecule has 0 saturated carbocycles. The van der Waals surface area contributed by atoms with Crippen molar-refractivity contribution in [3.8, 4) is 0 Å². The number of carboxylic acid groups (broad SMARTS) is 1. The van der Waals surface area contributed by atoms with E-state index in [2.05, 4.69) is 0 Å². The predicted molar refractivity (Wildman–Crippen MR) is 29.9 cm³/mol. The predicted octanol–water partition coefficient (Wildman–Crippen LogP) is -1.19. The monoisotopic (exact) mass is 141 g/mol. The summed E-state index contributed by atoms with van der Waals surface area (Å²) >= 11 is 0. The van der Waals surface area contributed by atoms with E-state index in [4.69, 9.17) is 15.9 Å². The highest BCUT2D eigenvalue weighted by molar-refractivity contribution is 5.85. The van der Waals surface area contributed by atoms with Crippen LogP contribution in [0.5, 0.6) is 0 Å². The number of halogens is 1. The summed E-state index contributed by atoms with van der Waals surface area (Å²) < 4.78 is 0. The molecule has 0 bridgehead atoms. The maximum atomic E-state index is 9.65. The average Bonchev–Trinajstić information content (AvgIpc) is 1.65. The first-order valence-corrected chi connectivity index (χ1v) is 1.77. The number of carboxylic acids is 1. The fraction of sp³-hybridized carbons (Fsp3) is 0.667. The van der Waals surface area contributed by atoms with Gasteiger partial charge in [-0.05, 0) is 0 Å². The molecule has 0 aliphatic carbocycles. The normalized spacial score (nSPS) is 11.8. The molecule has 50 valence electrons. The number of rotatable bonds is 2. The van der Waals surface area contributed by atoms with Crippen LogP contribution in [0.1, 0.15) is 0 Å². The van der Waals surface area contributed by atoms with Gasteiger partial charge in [-0.25, -0.2) is 0 Å². The molecule has 0 fully saturated rings. The second-order valence-electron chi connectivity index (χ2n) is 1.13. The topological polar surface area (TPSA) is 83.5 Å². The Hall–Kier alpha value is -0.320. The van der Waals surface area contributed by atoms with Crippen LogP contribution in [0.3, 0.4) is 0 Å². The highest BCUT2D eigenvalue weighted by atomic mass is 35.5. The maximum Gasteiger partial charge on any atom is 0.322 e. The zero-order chi connectivity index (χ0) is 5.86. The zero-order valence-corrected chi connectivity index (χ0v) is 4.89. The Morgan fingerprint density at radius 2 is 2.12 bits per heavy atom. The van der Waals surface area contributed by atoms with Gasteiger partial charge >= 0.3 is 5.97 Å². The molecule has 1 atom stereocenters. The Labute approximate surface area is 52.7 Å². The van der Waals surface area contributed by atoms with Crippen molar-refractivity contribution >= 4 is 18.4 Å². The van der Waals surface area contributed by atoms with Gasteiger partial charge in [0.25, 0.3) is 0 Å². The van der Waals surface area contributed by atoms with Crippen molar-refractivity contribution in [2.75, 3.05) is 6.61 Å². The van der Waals surface area contributed by atoms with Gasteiger partial charge in [-0.3, -0.25) is 4.79 Å². The number of hydrogen-bond acceptors (Lipinski definition) is 3. The fourth-order valence-corrected chi connectivity index (χ4v) is 0.0781. The van der Waals surface area contributed by atoms with Crippen LogP contribution in [-0.2, 0) is 4.79 Å². The highest BCUT2D eigenvalue weighted by Crippen LogP contribution is 1.71. The van der Waals surface area contributed by atoms with Gasteiger partial charge in [0.1, 0.15) is 6.04 Å². The summed E-state index contributed by atoms with van der Waals surface area (Å²) in [4.78, 5) is 9.65. The SMILES string of the molecule is Cl.N[C@H](CO)C(=O)O. The van der Waals surface area contributed by atoms with Gasteiger partial charge in [-0.15, -0.1) is 12.4 Å². The van der Waals surface area contributed by atoms with Gasteiger partial charge < -0.3 is 15.9 Å². The molecule has 0 radical (unpaired) electrons. The molecule has 0 aliphatic rings. The second-order valence-corrected chi connectivity index (χ2v) is 1.13. The number of nitrogens with two attached hydrogens (primary N) is 1. The van der Waals surface area contributed by atoms with Crippen LogP contribution in [0.25, 0.3) is 0 Å². The minimum Gasteiger partial charge on any atom is -0.480 e. The molecule has 0 aromatic carbocycles. The van der Waals surface area contributed by atoms with Crippen LogP contribution in [0.15, 0.2) is 0 Å². The molecule has 0 heterocycles. The summed E-state index contributed by atoms with van der Waals surface area (Å²) in [5.74, 6) is -1.18. The van der Waals surface area contributed by atoms with E-state index in [9.17, 15) is 4.79 Å². The zero-order valence-electron chi connectivity index (χ0n) is 4.07. The van der Waals surface area contributed by atoms with Gasteiger partial charge in [0.05, 0.1) is 6.61 Å². The minimum atomic E-state index is -1.18. The molecule has 4 nitrogen and oxygen atoms in total. The third-order valence-electron chi connectivity index (χ3n) is 0.514. The summed E-state index contributed by atoms with van der Waals surface area (Å²) in [5.41, 5.74) is 4.77. The van der Waals surface area contributed by atoms with Crippen molar-refractivity contribution in [2.24, 2.45) is 5.73 Å². The summed E-state index contributed by atoms with van der Waals surface area (Å²) in [6, 6.07) is -1.13. The minimum absolute atomic E-state index is 0. The largest absolute Gasteiger partial charge is 0.480 e. The molecule has 4 N–H and O–H groups in total. The molecule has 0 aromatic rings. The quantitative estimate of drug-likeness (QED) is 0.452. The lowest BCUT2D eigenvalue weighted by atomic mass is 10.3. The Morgan fingerprint density at radius 3 is 2.12 bits per heavy atom. The van der Waals surface area contributed by atoms with Gasteiger partial charge in [0.2, 0.25) is 0 Å². The van der Waals surface area contributed by atoms with Gasteiger partial charge in [-0.2, -0.15) is 0 Å². The van der Waals surface area contributed by atoms with E-state index in [1.807, 2.05) is 0 Å². The lowest BCUT2D eigenvalue weighted by molar-refractivity contribution is -0.139. The van der Waals surface area contributed by atoms with Crippen molar-refractivity contribution < 1.29 is 15.0 Å². The number of hydrogen-bond donors (Lipinski definition) is 3. The average molecular weight is 142 g/mol. The maximum absolute atomic E-state index is 9.65. The van der Waals surface area contributed by atoms with E-state index in [0.717, 1.165) is 0 Å². The fourth-order valence-electron chi connectivity index (χ4n) is 0.0781. The Kier molecular flexibility index (Phi) is 6.41. The summed E-state index contributed by atoms with van der Waals surface area (Å²) in [6.07, 6.45) is 0. The first kappa shape index (κ1) is 10.6. The van der Waals surface area contributed by atoms with Crippen molar-refractivity contribution in [2.45, 2.75) is 6.04 Å². The number of aliphatic hydroxyl groups excluding tert-OH is 1. The van der Waals surface area contributed by atoms with E-state index < -0.39 is 18.6 Å². The molecule has 0 amide bonds. The van der Waals surface area contributed by atoms with E-state index in [1.165, 1.54) is 0 Å². The first-order valence-electron chi connectivity index (χ1n) is 1.77. The lowest BCUT2D eigenvalue weighted by Crippen LogP contribution is -2.33. The third kappa shape index (κ3) is 3.86. The molecule has 0 rings (SSSR count). The summed E-state index contributed by atoms with van der Waals surface area (Å²) in [6.45, 7) is -0.505. The molecule has 0 unspecified atom stereocenters. The van der Waals surface area contributed by atoms with Crippen molar-refractivity contribution in [3.05, 3.63) is 0 Å². The van der Waals surface area contributed by atoms with Crippen LogP contribution in [0.2, 0.25) is 0 Å². The van der Waals surface area contributed by atoms with Crippen molar-refractivity contribution in [1.29, 1.82) is 0 Å². The molecular weight excluding hydrogens is 133 g/mol. The standard InChI is InChI=1S/C3H7NO3.ClH/c4-2(1-5)3(6)7;/h2,5H,1,4H2,(H,6,7);1H/t2-;/m1./s1. The van der Waals surface area contributed by atoms with Gasteiger partial charge in [0.15, 0.2) is 0 Å².